The third-order valence-corrected chi connectivity index (χ3v) is 5.21. The number of carbonyl (C=O) groups excluding carboxylic acids is 2. The van der Waals surface area contributed by atoms with Crippen molar-refractivity contribution in [1.82, 2.24) is 5.32 Å². The molecule has 0 heterocycles. The van der Waals surface area contributed by atoms with Crippen LogP contribution in [0, 0.1) is 12.3 Å². The van der Waals surface area contributed by atoms with Crippen molar-refractivity contribution in [3.05, 3.63) is 36.2 Å². The number of benzene rings is 1. The molecule has 28 heavy (non-hydrogen) atoms. The smallest absolute Gasteiger partial charge is 0.408 e. The Morgan fingerprint density at radius 3 is 2.25 bits per heavy atom. The second-order valence-electron chi connectivity index (χ2n) is 8.45. The van der Waals surface area contributed by atoms with E-state index >= 15 is 0 Å². The van der Waals surface area contributed by atoms with E-state index < -0.39 is 17.7 Å². The van der Waals surface area contributed by atoms with Crippen LogP contribution in [0.1, 0.15) is 71.3 Å². The summed E-state index contributed by atoms with van der Waals surface area (Å²) in [6.45, 7) is 7.50. The van der Waals surface area contributed by atoms with Gasteiger partial charge in [-0.1, -0.05) is 19.1 Å². The van der Waals surface area contributed by atoms with Gasteiger partial charge in [0, 0.05) is 11.8 Å². The van der Waals surface area contributed by atoms with E-state index in [4.69, 9.17) is 9.47 Å². The van der Waals surface area contributed by atoms with Crippen molar-refractivity contribution >= 4 is 11.9 Å². The minimum Gasteiger partial charge on any atom is -0.497 e. The number of Topliss-reactive ketones (excluding diaryl/α,β-unsaturated/α-hetero) is 1. The summed E-state index contributed by atoms with van der Waals surface area (Å²) in [4.78, 5) is 25.9. The molecule has 1 fully saturated rings. The van der Waals surface area contributed by atoms with E-state index in [1.54, 1.807) is 7.11 Å². The molecule has 5 heteroatoms. The summed E-state index contributed by atoms with van der Waals surface area (Å²) < 4.78 is 10.7. The maximum Gasteiger partial charge on any atom is 0.408 e. The van der Waals surface area contributed by atoms with E-state index in [0.717, 1.165) is 43.4 Å². The first-order chi connectivity index (χ1) is 13.2. The number of amides is 1. The second kappa shape index (κ2) is 9.94. The molecule has 0 saturated heterocycles. The van der Waals surface area contributed by atoms with E-state index in [0.29, 0.717) is 0 Å². The number of carbonyl (C=O) groups is 2. The monoisotopic (exact) mass is 388 g/mol. The van der Waals surface area contributed by atoms with Gasteiger partial charge in [0.25, 0.3) is 0 Å². The molecule has 1 N–H and O–H groups in total. The molecule has 0 aliphatic heterocycles. The topological polar surface area (TPSA) is 64.6 Å². The van der Waals surface area contributed by atoms with Crippen molar-refractivity contribution in [2.75, 3.05) is 7.11 Å². The van der Waals surface area contributed by atoms with E-state index in [9.17, 15) is 9.59 Å². The number of hydrogen-bond acceptors (Lipinski definition) is 4. The zero-order chi connectivity index (χ0) is 20.7. The molecule has 1 aliphatic carbocycles. The number of alkyl carbamates (subject to hydrolysis) is 1. The van der Waals surface area contributed by atoms with Gasteiger partial charge < -0.3 is 14.8 Å². The minimum atomic E-state index is -0.612. The molecule has 2 atom stereocenters. The number of ether oxygens (including phenoxy) is 2. The van der Waals surface area contributed by atoms with Crippen LogP contribution in [0.5, 0.6) is 5.75 Å². The third-order valence-electron chi connectivity index (χ3n) is 5.21. The van der Waals surface area contributed by atoms with E-state index in [1.165, 1.54) is 0 Å². The summed E-state index contributed by atoms with van der Waals surface area (Å²) in [5, 5.41) is 2.90. The molecule has 2 rings (SSSR count). The Kier molecular flexibility index (Phi) is 7.90. The summed E-state index contributed by atoms with van der Waals surface area (Å²) in [6, 6.07) is 7.12. The average Bonchev–Trinajstić information content (AvgIpc) is 2.67. The lowest BCUT2D eigenvalue weighted by Gasteiger charge is -2.32. The van der Waals surface area contributed by atoms with Crippen LogP contribution in [0.3, 0.4) is 0 Å². The third kappa shape index (κ3) is 6.25. The van der Waals surface area contributed by atoms with Crippen molar-refractivity contribution in [3.63, 3.8) is 0 Å². The standard InChI is InChI=1S/C23H34NO4/c1-6-19(16-12-14-18(27-5)15-13-16)20(24-22(26)28-23(2,3)4)21(25)17-10-8-7-9-11-17/h7,12-15,17,19-20H,6,8-11H2,1-5H3,(H,24,26). The van der Waals surface area contributed by atoms with Gasteiger partial charge in [0.2, 0.25) is 0 Å². The molecule has 0 aromatic heterocycles. The summed E-state index contributed by atoms with van der Waals surface area (Å²) in [5.41, 5.74) is 0.402. The van der Waals surface area contributed by atoms with Gasteiger partial charge in [-0.15, -0.1) is 0 Å². The maximum atomic E-state index is 13.4. The largest absolute Gasteiger partial charge is 0.497 e. The highest BCUT2D eigenvalue weighted by atomic mass is 16.6. The van der Waals surface area contributed by atoms with E-state index in [2.05, 4.69) is 11.7 Å². The van der Waals surface area contributed by atoms with Crippen molar-refractivity contribution in [3.8, 4) is 5.75 Å². The van der Waals surface area contributed by atoms with Gasteiger partial charge >= 0.3 is 6.09 Å². The summed E-state index contributed by atoms with van der Waals surface area (Å²) in [6.07, 6.45) is 6.04. The molecule has 0 spiro atoms. The molecule has 5 nitrogen and oxygen atoms in total. The van der Waals surface area contributed by atoms with E-state index in [1.807, 2.05) is 52.0 Å². The number of methoxy groups -OCH3 is 1. The predicted octanol–water partition coefficient (Wildman–Crippen LogP) is 5.05. The fraction of sp³-hybridized carbons (Fsp3) is 0.609. The first kappa shape index (κ1) is 22.3. The highest BCUT2D eigenvalue weighted by Gasteiger charge is 2.35. The number of nitrogens with one attached hydrogen (secondary N) is 1. The molecule has 1 aromatic rings. The van der Waals surface area contributed by atoms with Crippen LogP contribution in [0.25, 0.3) is 0 Å². The fourth-order valence-corrected chi connectivity index (χ4v) is 3.78. The van der Waals surface area contributed by atoms with E-state index in [-0.39, 0.29) is 17.6 Å². The summed E-state index contributed by atoms with van der Waals surface area (Å²) >= 11 is 0. The molecule has 1 saturated carbocycles. The average molecular weight is 389 g/mol. The van der Waals surface area contributed by atoms with Crippen LogP contribution >= 0.6 is 0 Å². The maximum absolute atomic E-state index is 13.4. The highest BCUT2D eigenvalue weighted by molar-refractivity contribution is 5.90. The molecule has 1 amide bonds. The van der Waals surface area contributed by atoms with Crippen molar-refractivity contribution in [1.29, 1.82) is 0 Å². The Morgan fingerprint density at radius 1 is 1.14 bits per heavy atom. The quantitative estimate of drug-likeness (QED) is 0.710. The normalized spacial score (nSPS) is 17.5. The van der Waals surface area contributed by atoms with Crippen LogP contribution < -0.4 is 10.1 Å². The first-order valence-corrected chi connectivity index (χ1v) is 10.2. The summed E-state index contributed by atoms with van der Waals surface area (Å²) in [7, 11) is 1.63. The lowest BCUT2D eigenvalue weighted by molar-refractivity contribution is -0.126. The Balaban J connectivity index is 2.27. The molecule has 1 radical (unpaired) electrons. The van der Waals surface area contributed by atoms with Gasteiger partial charge in [-0.3, -0.25) is 4.79 Å². The van der Waals surface area contributed by atoms with Crippen LogP contribution in [-0.4, -0.2) is 30.6 Å². The number of ketones is 1. The zero-order valence-electron chi connectivity index (χ0n) is 17.8. The first-order valence-electron chi connectivity index (χ1n) is 10.2. The molecular weight excluding hydrogens is 354 g/mol. The van der Waals surface area contributed by atoms with Gasteiger partial charge in [0.1, 0.15) is 11.4 Å². The van der Waals surface area contributed by atoms with Gasteiger partial charge in [-0.05, 0) is 77.0 Å². The fourth-order valence-electron chi connectivity index (χ4n) is 3.78. The lowest BCUT2D eigenvalue weighted by atomic mass is 9.78. The number of hydrogen-bond donors (Lipinski definition) is 1. The van der Waals surface area contributed by atoms with Gasteiger partial charge in [0.15, 0.2) is 5.78 Å². The minimum absolute atomic E-state index is 0.0164. The Morgan fingerprint density at radius 2 is 1.75 bits per heavy atom. The highest BCUT2D eigenvalue weighted by Crippen LogP contribution is 2.31. The zero-order valence-corrected chi connectivity index (χ0v) is 17.8. The van der Waals surface area contributed by atoms with Crippen molar-refractivity contribution < 1.29 is 19.1 Å². The van der Waals surface area contributed by atoms with Crippen LogP contribution in [0.4, 0.5) is 4.79 Å². The van der Waals surface area contributed by atoms with Crippen LogP contribution in [0.15, 0.2) is 24.3 Å². The Labute approximate surface area is 169 Å². The Hall–Kier alpha value is -2.04. The second-order valence-corrected chi connectivity index (χ2v) is 8.45. The molecule has 155 valence electrons. The van der Waals surface area contributed by atoms with Crippen LogP contribution in [-0.2, 0) is 9.53 Å². The summed E-state index contributed by atoms with van der Waals surface area (Å²) in [5.74, 6) is 0.750. The molecule has 1 aromatic carbocycles. The van der Waals surface area contributed by atoms with Gasteiger partial charge in [-0.25, -0.2) is 4.79 Å². The molecular formula is C23H34NO4. The van der Waals surface area contributed by atoms with Crippen molar-refractivity contribution in [2.45, 2.75) is 77.4 Å². The molecule has 2 unspecified atom stereocenters. The van der Waals surface area contributed by atoms with Gasteiger partial charge in [0.05, 0.1) is 13.2 Å². The van der Waals surface area contributed by atoms with Gasteiger partial charge in [-0.2, -0.15) is 0 Å². The van der Waals surface area contributed by atoms with Crippen LogP contribution in [0.2, 0.25) is 0 Å². The molecule has 1 aliphatic rings. The Bertz CT molecular complexity index is 642. The SMILES string of the molecule is CCC(c1ccc(OC)cc1)C(NC(=O)OC(C)(C)C)C(=O)C1CC[CH]CC1. The molecule has 0 bridgehead atoms. The predicted molar refractivity (Wildman–Crippen MR) is 110 cm³/mol. The lowest BCUT2D eigenvalue weighted by Crippen LogP contribution is -2.49. The number of rotatable bonds is 7. The van der Waals surface area contributed by atoms with Crippen molar-refractivity contribution in [2.24, 2.45) is 5.92 Å².